The minimum Gasteiger partial charge on any atom is -0.320 e. The van der Waals surface area contributed by atoms with Gasteiger partial charge in [0.1, 0.15) is 0 Å². The van der Waals surface area contributed by atoms with Gasteiger partial charge in [0.15, 0.2) is 0 Å². The van der Waals surface area contributed by atoms with Gasteiger partial charge < -0.3 is 10.6 Å². The zero-order chi connectivity index (χ0) is 17.3. The van der Waals surface area contributed by atoms with Crippen LogP contribution in [0.2, 0.25) is 0 Å². The largest absolute Gasteiger partial charge is 0.320 e. The molecule has 0 rings (SSSR count). The second-order valence-corrected chi connectivity index (χ2v) is 7.84. The van der Waals surface area contributed by atoms with Gasteiger partial charge in [0, 0.05) is 0 Å². The van der Waals surface area contributed by atoms with Gasteiger partial charge in [0.2, 0.25) is 0 Å². The van der Waals surface area contributed by atoms with Crippen LogP contribution in [0.3, 0.4) is 0 Å². The Morgan fingerprint density at radius 1 is 0.739 bits per heavy atom. The predicted molar refractivity (Wildman–Crippen MR) is 106 cm³/mol. The number of hydrogen-bond acceptors (Lipinski definition) is 2. The van der Waals surface area contributed by atoms with Gasteiger partial charge in [-0.2, -0.15) is 0 Å². The van der Waals surface area contributed by atoms with Crippen LogP contribution >= 0.6 is 0 Å². The summed E-state index contributed by atoms with van der Waals surface area (Å²) >= 11 is 0. The van der Waals surface area contributed by atoms with Gasteiger partial charge >= 0.3 is 0 Å². The van der Waals surface area contributed by atoms with Crippen molar-refractivity contribution in [3.63, 3.8) is 0 Å². The average molecular weight is 327 g/mol. The van der Waals surface area contributed by atoms with Gasteiger partial charge in [-0.15, -0.1) is 0 Å². The minimum atomic E-state index is 0.827. The van der Waals surface area contributed by atoms with Crippen molar-refractivity contribution >= 4 is 0 Å². The molecule has 2 unspecified atom stereocenters. The van der Waals surface area contributed by atoms with E-state index in [1.807, 2.05) is 7.05 Å². The van der Waals surface area contributed by atoms with Crippen molar-refractivity contribution in [3.8, 4) is 0 Å². The molecule has 2 heteroatoms. The molecule has 0 amide bonds. The van der Waals surface area contributed by atoms with Crippen LogP contribution in [0.15, 0.2) is 0 Å². The van der Waals surface area contributed by atoms with E-state index in [0.29, 0.717) is 0 Å². The molecule has 0 aliphatic carbocycles. The Morgan fingerprint density at radius 2 is 1.39 bits per heavy atom. The van der Waals surface area contributed by atoms with Gasteiger partial charge in [-0.25, -0.2) is 0 Å². The summed E-state index contributed by atoms with van der Waals surface area (Å²) in [5, 5.41) is 6.95. The molecule has 0 saturated carbocycles. The second-order valence-electron chi connectivity index (χ2n) is 7.84. The third kappa shape index (κ3) is 15.2. The summed E-state index contributed by atoms with van der Waals surface area (Å²) < 4.78 is 0. The van der Waals surface area contributed by atoms with Crippen LogP contribution in [-0.4, -0.2) is 26.7 Å². The Bertz CT molecular complexity index is 222. The fourth-order valence-electron chi connectivity index (χ4n) is 3.49. The van der Waals surface area contributed by atoms with Crippen molar-refractivity contribution in [1.29, 1.82) is 0 Å². The Kier molecular flexibility index (Phi) is 16.7. The van der Waals surface area contributed by atoms with Gasteiger partial charge in [0.25, 0.3) is 0 Å². The first-order valence-corrected chi connectivity index (χ1v) is 10.5. The molecular formula is C21H46N2. The summed E-state index contributed by atoms with van der Waals surface area (Å²) in [6.07, 6.45) is 13.8. The van der Waals surface area contributed by atoms with Crippen molar-refractivity contribution in [2.45, 2.75) is 91.9 Å². The summed E-state index contributed by atoms with van der Waals surface area (Å²) in [4.78, 5) is 0. The topological polar surface area (TPSA) is 24.1 Å². The lowest BCUT2D eigenvalue weighted by atomic mass is 9.87. The van der Waals surface area contributed by atoms with E-state index in [1.165, 1.54) is 77.3 Å². The molecule has 0 fully saturated rings. The van der Waals surface area contributed by atoms with Crippen molar-refractivity contribution in [2.24, 2.45) is 17.8 Å². The Hall–Kier alpha value is -0.0800. The van der Waals surface area contributed by atoms with Crippen LogP contribution in [0.1, 0.15) is 91.9 Å². The van der Waals surface area contributed by atoms with Gasteiger partial charge in [-0.1, -0.05) is 66.2 Å². The summed E-state index contributed by atoms with van der Waals surface area (Å²) in [7, 11) is 2.04. The molecule has 0 aromatic carbocycles. The summed E-state index contributed by atoms with van der Waals surface area (Å²) in [6.45, 7) is 13.0. The molecule has 23 heavy (non-hydrogen) atoms. The van der Waals surface area contributed by atoms with Crippen LogP contribution in [-0.2, 0) is 0 Å². The predicted octanol–water partition coefficient (Wildman–Crippen LogP) is 5.62. The van der Waals surface area contributed by atoms with E-state index in [1.54, 1.807) is 0 Å². The molecule has 0 spiro atoms. The summed E-state index contributed by atoms with van der Waals surface area (Å²) in [5.74, 6) is 2.65. The van der Waals surface area contributed by atoms with Gasteiger partial charge in [0.05, 0.1) is 0 Å². The van der Waals surface area contributed by atoms with E-state index < -0.39 is 0 Å². The maximum atomic E-state index is 3.71. The summed E-state index contributed by atoms with van der Waals surface area (Å²) in [6, 6.07) is 0. The monoisotopic (exact) mass is 326 g/mol. The maximum absolute atomic E-state index is 3.71. The first-order valence-electron chi connectivity index (χ1n) is 10.5. The third-order valence-electron chi connectivity index (χ3n) is 5.10. The van der Waals surface area contributed by atoms with E-state index in [2.05, 4.69) is 38.3 Å². The third-order valence-corrected chi connectivity index (χ3v) is 5.10. The molecule has 0 saturated heterocycles. The van der Waals surface area contributed by atoms with E-state index >= 15 is 0 Å². The molecule has 0 radical (unpaired) electrons. The first kappa shape index (κ1) is 22.9. The molecule has 0 aliphatic heterocycles. The zero-order valence-electron chi connectivity index (χ0n) is 16.9. The molecule has 0 aliphatic rings. The van der Waals surface area contributed by atoms with Gasteiger partial charge in [-0.05, 0) is 70.1 Å². The fourth-order valence-corrected chi connectivity index (χ4v) is 3.49. The number of rotatable bonds is 17. The highest BCUT2D eigenvalue weighted by atomic mass is 14.9. The molecule has 2 nitrogen and oxygen atoms in total. The quantitative estimate of drug-likeness (QED) is 0.339. The normalized spacial score (nSPS) is 14.3. The average Bonchev–Trinajstić information content (AvgIpc) is 2.54. The number of hydrogen-bond donors (Lipinski definition) is 2. The van der Waals surface area contributed by atoms with Crippen molar-refractivity contribution in [3.05, 3.63) is 0 Å². The highest BCUT2D eigenvalue weighted by molar-refractivity contribution is 4.67. The van der Waals surface area contributed by atoms with Gasteiger partial charge in [-0.3, -0.25) is 0 Å². The Labute approximate surface area is 147 Å². The number of nitrogens with one attached hydrogen (secondary N) is 2. The maximum Gasteiger partial charge on any atom is -0.00231 e. The standard InChI is InChI=1S/C21H46N2/c1-6-8-12-21(13-9-7-2)17-20(4)18-23-16-14-19(3)11-10-15-22-5/h19-23H,6-18H2,1-5H3. The van der Waals surface area contributed by atoms with E-state index in [9.17, 15) is 0 Å². The zero-order valence-corrected chi connectivity index (χ0v) is 16.9. The Balaban J connectivity index is 3.74. The second kappa shape index (κ2) is 16.8. The van der Waals surface area contributed by atoms with E-state index in [-0.39, 0.29) is 0 Å². The molecule has 0 aromatic heterocycles. The van der Waals surface area contributed by atoms with Crippen molar-refractivity contribution < 1.29 is 0 Å². The Morgan fingerprint density at radius 3 is 1.96 bits per heavy atom. The molecule has 0 bridgehead atoms. The lowest BCUT2D eigenvalue weighted by molar-refractivity contribution is 0.323. The highest BCUT2D eigenvalue weighted by Gasteiger charge is 2.12. The molecule has 0 aromatic rings. The van der Waals surface area contributed by atoms with Crippen LogP contribution in [0.4, 0.5) is 0 Å². The minimum absolute atomic E-state index is 0.827. The highest BCUT2D eigenvalue weighted by Crippen LogP contribution is 2.23. The molecular weight excluding hydrogens is 280 g/mol. The SMILES string of the molecule is CCCCC(CCCC)CC(C)CNCCC(C)CCCNC. The van der Waals surface area contributed by atoms with Crippen LogP contribution in [0.25, 0.3) is 0 Å². The summed E-state index contributed by atoms with van der Waals surface area (Å²) in [5.41, 5.74) is 0. The fraction of sp³-hybridized carbons (Fsp3) is 1.00. The molecule has 140 valence electrons. The molecule has 2 atom stereocenters. The van der Waals surface area contributed by atoms with Crippen molar-refractivity contribution in [2.75, 3.05) is 26.7 Å². The molecule has 2 N–H and O–H groups in total. The van der Waals surface area contributed by atoms with E-state index in [0.717, 1.165) is 24.3 Å². The number of unbranched alkanes of at least 4 members (excludes halogenated alkanes) is 2. The van der Waals surface area contributed by atoms with Crippen LogP contribution in [0, 0.1) is 17.8 Å². The lowest BCUT2D eigenvalue weighted by Gasteiger charge is -2.21. The molecule has 0 heterocycles. The van der Waals surface area contributed by atoms with Crippen molar-refractivity contribution in [1.82, 2.24) is 10.6 Å². The first-order chi connectivity index (χ1) is 11.1. The lowest BCUT2D eigenvalue weighted by Crippen LogP contribution is -2.25. The smallest absolute Gasteiger partial charge is 0.00231 e. The van der Waals surface area contributed by atoms with Crippen LogP contribution < -0.4 is 10.6 Å². The van der Waals surface area contributed by atoms with E-state index in [4.69, 9.17) is 0 Å². The van der Waals surface area contributed by atoms with Crippen LogP contribution in [0.5, 0.6) is 0 Å².